The van der Waals surface area contributed by atoms with Gasteiger partial charge in [-0.25, -0.2) is 4.39 Å². The molecule has 0 saturated heterocycles. The third kappa shape index (κ3) is 2.33. The highest BCUT2D eigenvalue weighted by Gasteiger charge is 2.05. The number of aryl methyl sites for hydroxylation is 1. The van der Waals surface area contributed by atoms with Crippen molar-refractivity contribution < 1.29 is 4.39 Å². The molecule has 0 bridgehead atoms. The van der Waals surface area contributed by atoms with Crippen LogP contribution in [0.15, 0.2) is 22.7 Å². The van der Waals surface area contributed by atoms with Gasteiger partial charge in [-0.05, 0) is 25.1 Å². The van der Waals surface area contributed by atoms with Crippen LogP contribution in [0.2, 0.25) is 0 Å². The maximum absolute atomic E-state index is 13.1. The van der Waals surface area contributed by atoms with Crippen LogP contribution in [-0.2, 0) is 0 Å². The molecule has 15 heavy (non-hydrogen) atoms. The van der Waals surface area contributed by atoms with Gasteiger partial charge in [-0.2, -0.15) is 0 Å². The minimum absolute atomic E-state index is 0.306. The van der Waals surface area contributed by atoms with Gasteiger partial charge in [0.1, 0.15) is 5.82 Å². The second kappa shape index (κ2) is 3.98. The fourth-order valence-corrected chi connectivity index (χ4v) is 1.54. The third-order valence-electron chi connectivity index (χ3n) is 1.70. The fourth-order valence-electron chi connectivity index (χ4n) is 1.08. The van der Waals surface area contributed by atoms with Crippen molar-refractivity contribution in [1.29, 1.82) is 0 Å². The van der Waals surface area contributed by atoms with Gasteiger partial charge in [0.25, 0.3) is 0 Å². The van der Waals surface area contributed by atoms with Crippen LogP contribution >= 0.6 is 15.9 Å². The zero-order chi connectivity index (χ0) is 10.8. The lowest BCUT2D eigenvalue weighted by Crippen LogP contribution is -1.98. The standard InChI is InChI=1S/C9H6BrFN4/c1-5-12-14-9(15-13-5)6-2-7(10)4-8(11)3-6/h2-4H,1H3. The zero-order valence-electron chi connectivity index (χ0n) is 7.78. The van der Waals surface area contributed by atoms with Gasteiger partial charge in [-0.15, -0.1) is 20.4 Å². The Balaban J connectivity index is 2.49. The summed E-state index contributed by atoms with van der Waals surface area (Å²) in [6, 6.07) is 4.40. The molecule has 1 aromatic carbocycles. The minimum Gasteiger partial charge on any atom is -0.207 e. The monoisotopic (exact) mass is 268 g/mol. The van der Waals surface area contributed by atoms with Crippen molar-refractivity contribution in [3.8, 4) is 11.4 Å². The Kier molecular flexibility index (Phi) is 2.68. The highest BCUT2D eigenvalue weighted by molar-refractivity contribution is 9.10. The molecule has 0 spiro atoms. The average molecular weight is 269 g/mol. The molecule has 0 saturated carbocycles. The summed E-state index contributed by atoms with van der Waals surface area (Å²) in [7, 11) is 0. The molecule has 2 aromatic rings. The third-order valence-corrected chi connectivity index (χ3v) is 2.16. The van der Waals surface area contributed by atoms with Crippen LogP contribution < -0.4 is 0 Å². The first kappa shape index (κ1) is 10.1. The topological polar surface area (TPSA) is 51.6 Å². The first-order valence-electron chi connectivity index (χ1n) is 4.15. The number of hydrogen-bond acceptors (Lipinski definition) is 4. The summed E-state index contributed by atoms with van der Waals surface area (Å²) in [5.74, 6) is 0.429. The summed E-state index contributed by atoms with van der Waals surface area (Å²) in [6.07, 6.45) is 0. The van der Waals surface area contributed by atoms with E-state index < -0.39 is 0 Å². The van der Waals surface area contributed by atoms with Crippen LogP contribution in [0.1, 0.15) is 5.82 Å². The molecule has 0 unspecified atom stereocenters. The molecule has 0 amide bonds. The first-order chi connectivity index (χ1) is 7.15. The van der Waals surface area contributed by atoms with Crippen molar-refractivity contribution in [1.82, 2.24) is 20.4 Å². The van der Waals surface area contributed by atoms with Crippen molar-refractivity contribution in [3.63, 3.8) is 0 Å². The number of aromatic nitrogens is 4. The van der Waals surface area contributed by atoms with Crippen LogP contribution in [0.4, 0.5) is 4.39 Å². The lowest BCUT2D eigenvalue weighted by molar-refractivity contribution is 0.627. The van der Waals surface area contributed by atoms with Gasteiger partial charge in [0.2, 0.25) is 5.82 Å². The Labute approximate surface area is 93.7 Å². The van der Waals surface area contributed by atoms with E-state index in [4.69, 9.17) is 0 Å². The summed E-state index contributed by atoms with van der Waals surface area (Å²) >= 11 is 3.19. The van der Waals surface area contributed by atoms with E-state index in [-0.39, 0.29) is 5.82 Å². The van der Waals surface area contributed by atoms with Gasteiger partial charge in [0.15, 0.2) is 5.82 Å². The van der Waals surface area contributed by atoms with E-state index in [0.29, 0.717) is 21.7 Å². The molecule has 0 aliphatic carbocycles. The van der Waals surface area contributed by atoms with Gasteiger partial charge in [0.05, 0.1) is 0 Å². The van der Waals surface area contributed by atoms with Gasteiger partial charge >= 0.3 is 0 Å². The van der Waals surface area contributed by atoms with Gasteiger partial charge in [-0.3, -0.25) is 0 Å². The molecule has 0 aliphatic heterocycles. The van der Waals surface area contributed by atoms with Gasteiger partial charge < -0.3 is 0 Å². The average Bonchev–Trinajstić information content (AvgIpc) is 2.17. The Morgan fingerprint density at radius 1 is 1.07 bits per heavy atom. The van der Waals surface area contributed by atoms with E-state index >= 15 is 0 Å². The molecule has 1 heterocycles. The Hall–Kier alpha value is -1.43. The van der Waals surface area contributed by atoms with Gasteiger partial charge in [-0.1, -0.05) is 15.9 Å². The van der Waals surface area contributed by atoms with Crippen molar-refractivity contribution in [3.05, 3.63) is 34.3 Å². The number of benzene rings is 1. The number of rotatable bonds is 1. The Morgan fingerprint density at radius 2 is 1.73 bits per heavy atom. The molecule has 0 fully saturated rings. The Morgan fingerprint density at radius 3 is 2.33 bits per heavy atom. The summed E-state index contributed by atoms with van der Waals surface area (Å²) in [5, 5.41) is 15.1. The summed E-state index contributed by atoms with van der Waals surface area (Å²) in [4.78, 5) is 0. The summed E-state index contributed by atoms with van der Waals surface area (Å²) in [6.45, 7) is 1.69. The van der Waals surface area contributed by atoms with E-state index in [9.17, 15) is 4.39 Å². The van der Waals surface area contributed by atoms with Crippen molar-refractivity contribution in [2.75, 3.05) is 0 Å². The fraction of sp³-hybridized carbons (Fsp3) is 0.111. The summed E-state index contributed by atoms with van der Waals surface area (Å²) < 4.78 is 13.7. The highest BCUT2D eigenvalue weighted by atomic mass is 79.9. The number of nitrogens with zero attached hydrogens (tertiary/aromatic N) is 4. The predicted molar refractivity (Wildman–Crippen MR) is 55.5 cm³/mol. The van der Waals surface area contributed by atoms with Crippen LogP contribution in [0.3, 0.4) is 0 Å². The first-order valence-corrected chi connectivity index (χ1v) is 4.95. The van der Waals surface area contributed by atoms with E-state index in [1.54, 1.807) is 13.0 Å². The maximum Gasteiger partial charge on any atom is 0.203 e. The largest absolute Gasteiger partial charge is 0.207 e. The normalized spacial score (nSPS) is 10.3. The summed E-state index contributed by atoms with van der Waals surface area (Å²) in [5.41, 5.74) is 0.543. The van der Waals surface area contributed by atoms with E-state index in [1.165, 1.54) is 12.1 Å². The van der Waals surface area contributed by atoms with Crippen LogP contribution in [0.25, 0.3) is 11.4 Å². The molecule has 4 nitrogen and oxygen atoms in total. The molecular weight excluding hydrogens is 263 g/mol. The molecule has 1 aromatic heterocycles. The molecule has 0 aliphatic rings. The van der Waals surface area contributed by atoms with E-state index in [1.807, 2.05) is 0 Å². The quantitative estimate of drug-likeness (QED) is 0.795. The van der Waals surface area contributed by atoms with Crippen molar-refractivity contribution in [2.45, 2.75) is 6.92 Å². The highest BCUT2D eigenvalue weighted by Crippen LogP contribution is 2.20. The number of hydrogen-bond donors (Lipinski definition) is 0. The van der Waals surface area contributed by atoms with E-state index in [2.05, 4.69) is 36.3 Å². The SMILES string of the molecule is Cc1nnc(-c2cc(F)cc(Br)c2)nn1. The molecule has 0 N–H and O–H groups in total. The van der Waals surface area contributed by atoms with Crippen LogP contribution in [-0.4, -0.2) is 20.4 Å². The van der Waals surface area contributed by atoms with Gasteiger partial charge in [0, 0.05) is 10.0 Å². The van der Waals surface area contributed by atoms with E-state index in [0.717, 1.165) is 0 Å². The lowest BCUT2D eigenvalue weighted by Gasteiger charge is -1.99. The van der Waals surface area contributed by atoms with Crippen molar-refractivity contribution >= 4 is 15.9 Å². The maximum atomic E-state index is 13.1. The van der Waals surface area contributed by atoms with Crippen LogP contribution in [0, 0.1) is 12.7 Å². The molecular formula is C9H6BrFN4. The minimum atomic E-state index is -0.358. The Bertz CT molecular complexity index is 466. The second-order valence-corrected chi connectivity index (χ2v) is 3.84. The molecule has 2 rings (SSSR count). The predicted octanol–water partition coefficient (Wildman–Crippen LogP) is 2.14. The molecule has 6 heteroatoms. The molecule has 76 valence electrons. The lowest BCUT2D eigenvalue weighted by atomic mass is 10.2. The second-order valence-electron chi connectivity index (χ2n) is 2.93. The smallest absolute Gasteiger partial charge is 0.203 e. The molecule has 0 atom stereocenters. The molecule has 0 radical (unpaired) electrons. The zero-order valence-corrected chi connectivity index (χ0v) is 9.36. The van der Waals surface area contributed by atoms with Crippen molar-refractivity contribution in [2.24, 2.45) is 0 Å². The van der Waals surface area contributed by atoms with Crippen LogP contribution in [0.5, 0.6) is 0 Å². The number of halogens is 2.